The zero-order valence-electron chi connectivity index (χ0n) is 18.7. The molecular formula is C28H36. The molecule has 0 aliphatic heterocycles. The van der Waals surface area contributed by atoms with Crippen LogP contribution in [0.4, 0.5) is 0 Å². The molecule has 0 fully saturated rings. The molecule has 0 aliphatic carbocycles. The standard InChI is InChI=1S/C21H16.C3H8.2C2H6/c1-15-17-11-5-7-13-19(17)21(16-9-3-2-4-10-16)20-14-8-6-12-18(15)20;1-3-2;2*1-2/h2-14H,1H3;3H2,1-2H3;2*1-2H3. The molecule has 0 aliphatic rings. The lowest BCUT2D eigenvalue weighted by atomic mass is 9.89. The third kappa shape index (κ3) is 5.23. The van der Waals surface area contributed by atoms with Gasteiger partial charge < -0.3 is 0 Å². The zero-order chi connectivity index (χ0) is 20.9. The minimum Gasteiger partial charge on any atom is -0.0683 e. The molecule has 0 unspecified atom stereocenters. The number of aryl methyl sites for hydroxylation is 1. The minimum absolute atomic E-state index is 1.25. The van der Waals surface area contributed by atoms with Gasteiger partial charge in [-0.2, -0.15) is 0 Å². The van der Waals surface area contributed by atoms with Gasteiger partial charge in [-0.3, -0.25) is 0 Å². The molecule has 0 radical (unpaired) electrons. The van der Waals surface area contributed by atoms with Crippen molar-refractivity contribution in [1.82, 2.24) is 0 Å². The van der Waals surface area contributed by atoms with Gasteiger partial charge >= 0.3 is 0 Å². The Morgan fingerprint density at radius 1 is 0.500 bits per heavy atom. The van der Waals surface area contributed by atoms with Crippen LogP contribution >= 0.6 is 0 Å². The molecule has 0 nitrogen and oxygen atoms in total. The van der Waals surface area contributed by atoms with E-state index in [1.54, 1.807) is 0 Å². The molecule has 0 heteroatoms. The number of benzene rings is 4. The van der Waals surface area contributed by atoms with Crippen molar-refractivity contribution in [2.45, 2.75) is 54.9 Å². The SMILES string of the molecule is CC.CC.CCC.Cc1c2ccccc2c(-c2ccccc2)c2ccccc12. The summed E-state index contributed by atoms with van der Waals surface area (Å²) < 4.78 is 0. The third-order valence-corrected chi connectivity index (χ3v) is 4.26. The Kier molecular flexibility index (Phi) is 10.7. The van der Waals surface area contributed by atoms with E-state index in [9.17, 15) is 0 Å². The zero-order valence-corrected chi connectivity index (χ0v) is 18.7. The maximum Gasteiger partial charge on any atom is -0.00266 e. The molecule has 4 aromatic rings. The fourth-order valence-corrected chi connectivity index (χ4v) is 3.26. The lowest BCUT2D eigenvalue weighted by Crippen LogP contribution is -1.88. The molecule has 148 valence electrons. The van der Waals surface area contributed by atoms with E-state index in [1.165, 1.54) is 44.7 Å². The first-order chi connectivity index (χ1) is 13.8. The predicted molar refractivity (Wildman–Crippen MR) is 130 cm³/mol. The first-order valence-electron chi connectivity index (χ1n) is 10.7. The maximum atomic E-state index is 2.23. The Bertz CT molecular complexity index is 892. The van der Waals surface area contributed by atoms with Crippen molar-refractivity contribution < 1.29 is 0 Å². The van der Waals surface area contributed by atoms with Crippen LogP contribution < -0.4 is 0 Å². The van der Waals surface area contributed by atoms with Gasteiger partial charge in [0, 0.05) is 0 Å². The van der Waals surface area contributed by atoms with E-state index < -0.39 is 0 Å². The van der Waals surface area contributed by atoms with Gasteiger partial charge in [0.05, 0.1) is 0 Å². The van der Waals surface area contributed by atoms with Gasteiger partial charge in [0.25, 0.3) is 0 Å². The third-order valence-electron chi connectivity index (χ3n) is 4.26. The summed E-state index contributed by atoms with van der Waals surface area (Å²) in [5, 5.41) is 5.35. The molecule has 0 spiro atoms. The van der Waals surface area contributed by atoms with E-state index in [-0.39, 0.29) is 0 Å². The second-order valence-corrected chi connectivity index (χ2v) is 6.16. The summed E-state index contributed by atoms with van der Waals surface area (Å²) in [6.45, 7) is 14.5. The molecule has 0 aromatic heterocycles. The van der Waals surface area contributed by atoms with Crippen molar-refractivity contribution >= 4 is 21.5 Å². The fourth-order valence-electron chi connectivity index (χ4n) is 3.26. The van der Waals surface area contributed by atoms with Crippen LogP contribution in [0.1, 0.15) is 53.5 Å². The minimum atomic E-state index is 1.25. The summed E-state index contributed by atoms with van der Waals surface area (Å²) in [6.07, 6.45) is 1.25. The smallest absolute Gasteiger partial charge is 0.00266 e. The van der Waals surface area contributed by atoms with Gasteiger partial charge in [-0.1, -0.05) is 127 Å². The average Bonchev–Trinajstić information content (AvgIpc) is 2.78. The molecule has 28 heavy (non-hydrogen) atoms. The van der Waals surface area contributed by atoms with Gasteiger partial charge in [-0.05, 0) is 45.2 Å². The highest BCUT2D eigenvalue weighted by Crippen LogP contribution is 2.38. The van der Waals surface area contributed by atoms with Gasteiger partial charge in [0.15, 0.2) is 0 Å². The Hall–Kier alpha value is -2.60. The summed E-state index contributed by atoms with van der Waals surface area (Å²) in [7, 11) is 0. The van der Waals surface area contributed by atoms with Gasteiger partial charge in [0.2, 0.25) is 0 Å². The molecule has 4 rings (SSSR count). The normalized spacial score (nSPS) is 9.39. The largest absolute Gasteiger partial charge is 0.0683 e. The molecule has 0 saturated carbocycles. The van der Waals surface area contributed by atoms with Crippen molar-refractivity contribution in [2.24, 2.45) is 0 Å². The summed E-state index contributed by atoms with van der Waals surface area (Å²) in [5.74, 6) is 0. The Labute approximate surface area is 172 Å². The summed E-state index contributed by atoms with van der Waals surface area (Å²) in [5.41, 5.74) is 3.98. The molecule has 4 aromatic carbocycles. The summed E-state index contributed by atoms with van der Waals surface area (Å²) in [4.78, 5) is 0. The molecule has 0 amide bonds. The number of rotatable bonds is 1. The van der Waals surface area contributed by atoms with Crippen LogP contribution in [0.25, 0.3) is 32.7 Å². The second kappa shape index (κ2) is 12.7. The molecule has 0 heterocycles. The maximum absolute atomic E-state index is 2.23. The topological polar surface area (TPSA) is 0 Å². The van der Waals surface area contributed by atoms with Crippen LogP contribution in [0.3, 0.4) is 0 Å². The monoisotopic (exact) mass is 372 g/mol. The van der Waals surface area contributed by atoms with Crippen molar-refractivity contribution in [2.75, 3.05) is 0 Å². The van der Waals surface area contributed by atoms with E-state index in [2.05, 4.69) is 99.6 Å². The summed E-state index contributed by atoms with van der Waals surface area (Å²) >= 11 is 0. The summed E-state index contributed by atoms with van der Waals surface area (Å²) in [6, 6.07) is 28.1. The quantitative estimate of drug-likeness (QED) is 0.292. The Balaban J connectivity index is 0.000000502. The number of hydrogen-bond donors (Lipinski definition) is 0. The number of hydrogen-bond acceptors (Lipinski definition) is 0. The fraction of sp³-hybridized carbons (Fsp3) is 0.286. The lowest BCUT2D eigenvalue weighted by Gasteiger charge is -2.15. The van der Waals surface area contributed by atoms with E-state index in [1.807, 2.05) is 27.7 Å². The van der Waals surface area contributed by atoms with Crippen LogP contribution in [0.2, 0.25) is 0 Å². The molecule has 0 N–H and O–H groups in total. The van der Waals surface area contributed by atoms with Crippen LogP contribution in [-0.2, 0) is 0 Å². The first-order valence-corrected chi connectivity index (χ1v) is 10.7. The van der Waals surface area contributed by atoms with Gasteiger partial charge in [0.1, 0.15) is 0 Å². The van der Waals surface area contributed by atoms with E-state index in [0.717, 1.165) is 0 Å². The van der Waals surface area contributed by atoms with Crippen LogP contribution in [0.5, 0.6) is 0 Å². The predicted octanol–water partition coefficient (Wildman–Crippen LogP) is 9.44. The first kappa shape index (κ1) is 23.4. The van der Waals surface area contributed by atoms with Crippen LogP contribution in [0, 0.1) is 6.92 Å². The van der Waals surface area contributed by atoms with Crippen LogP contribution in [0.15, 0.2) is 78.9 Å². The van der Waals surface area contributed by atoms with Crippen molar-refractivity contribution in [3.63, 3.8) is 0 Å². The van der Waals surface area contributed by atoms with Crippen LogP contribution in [-0.4, -0.2) is 0 Å². The Morgan fingerprint density at radius 3 is 1.21 bits per heavy atom. The highest BCUT2D eigenvalue weighted by Gasteiger charge is 2.11. The van der Waals surface area contributed by atoms with Gasteiger partial charge in [-0.15, -0.1) is 0 Å². The molecule has 0 bridgehead atoms. The van der Waals surface area contributed by atoms with Crippen molar-refractivity contribution in [3.8, 4) is 11.1 Å². The van der Waals surface area contributed by atoms with E-state index >= 15 is 0 Å². The molecule has 0 atom stereocenters. The molecule has 0 saturated heterocycles. The highest BCUT2D eigenvalue weighted by molar-refractivity contribution is 6.14. The highest BCUT2D eigenvalue weighted by atomic mass is 14.1. The average molecular weight is 373 g/mol. The van der Waals surface area contributed by atoms with E-state index in [4.69, 9.17) is 0 Å². The van der Waals surface area contributed by atoms with Crippen molar-refractivity contribution in [3.05, 3.63) is 84.4 Å². The Morgan fingerprint density at radius 2 is 0.821 bits per heavy atom. The molecular weight excluding hydrogens is 336 g/mol. The lowest BCUT2D eigenvalue weighted by molar-refractivity contribution is 1.09. The van der Waals surface area contributed by atoms with Gasteiger partial charge in [-0.25, -0.2) is 0 Å². The van der Waals surface area contributed by atoms with E-state index in [0.29, 0.717) is 0 Å². The number of fused-ring (bicyclic) bond motifs is 2. The van der Waals surface area contributed by atoms with Crippen molar-refractivity contribution in [1.29, 1.82) is 0 Å². The second-order valence-electron chi connectivity index (χ2n) is 6.16.